The minimum Gasteiger partial charge on any atom is -0.365 e. The number of hydrogen-bond acceptors (Lipinski definition) is 6. The number of fused-ring (bicyclic) bond motifs is 1. The molecule has 1 aliphatic heterocycles. The number of anilines is 2. The van der Waals surface area contributed by atoms with Crippen LogP contribution < -0.4 is 15.4 Å². The van der Waals surface area contributed by atoms with E-state index in [2.05, 4.69) is 15.4 Å². The zero-order valence-electron chi connectivity index (χ0n) is 17.8. The van der Waals surface area contributed by atoms with Gasteiger partial charge in [0.15, 0.2) is 5.65 Å². The summed E-state index contributed by atoms with van der Waals surface area (Å²) in [5.41, 5.74) is 9.61. The molecule has 1 aromatic carbocycles. The van der Waals surface area contributed by atoms with Gasteiger partial charge in [0.2, 0.25) is 15.9 Å². The lowest BCUT2D eigenvalue weighted by atomic mass is 10.1. The smallest absolute Gasteiger partial charge is 0.254 e. The Morgan fingerprint density at radius 3 is 2.53 bits per heavy atom. The Bertz CT molecular complexity index is 1310. The van der Waals surface area contributed by atoms with E-state index in [1.54, 1.807) is 28.8 Å². The Morgan fingerprint density at radius 2 is 1.91 bits per heavy atom. The fraction of sp³-hybridized carbons (Fsp3) is 0.333. The molecule has 0 atom stereocenters. The molecule has 0 saturated carbocycles. The quantitative estimate of drug-likeness (QED) is 0.577. The number of carbonyl (C=O) groups is 2. The summed E-state index contributed by atoms with van der Waals surface area (Å²) < 4.78 is 27.0. The van der Waals surface area contributed by atoms with Crippen LogP contribution in [0.25, 0.3) is 5.65 Å². The first-order chi connectivity index (χ1) is 15.2. The minimum atomic E-state index is -3.24. The molecule has 3 aromatic rings. The fourth-order valence-electron chi connectivity index (χ4n) is 3.95. The molecular formula is C21H24N6O4S. The summed E-state index contributed by atoms with van der Waals surface area (Å²) in [6, 6.07) is 6.78. The van der Waals surface area contributed by atoms with E-state index in [0.29, 0.717) is 42.1 Å². The number of amides is 2. The third-order valence-corrected chi connectivity index (χ3v) is 7.48. The van der Waals surface area contributed by atoms with Gasteiger partial charge in [0.05, 0.1) is 17.6 Å². The van der Waals surface area contributed by atoms with E-state index in [0.717, 1.165) is 11.3 Å². The van der Waals surface area contributed by atoms with Crippen LogP contribution in [0.15, 0.2) is 30.5 Å². The van der Waals surface area contributed by atoms with Gasteiger partial charge in [-0.15, -0.1) is 0 Å². The van der Waals surface area contributed by atoms with E-state index in [9.17, 15) is 18.0 Å². The molecule has 10 nitrogen and oxygen atoms in total. The Kier molecular flexibility index (Phi) is 5.59. The molecule has 4 rings (SSSR count). The third-order valence-electron chi connectivity index (χ3n) is 5.61. The molecular weight excluding hydrogens is 432 g/mol. The fourth-order valence-corrected chi connectivity index (χ4v) is 5.51. The van der Waals surface area contributed by atoms with Gasteiger partial charge in [0.25, 0.3) is 5.91 Å². The average molecular weight is 457 g/mol. The van der Waals surface area contributed by atoms with Gasteiger partial charge in [0, 0.05) is 30.0 Å². The van der Waals surface area contributed by atoms with E-state index >= 15 is 0 Å². The first-order valence-electron chi connectivity index (χ1n) is 10.2. The molecule has 1 aliphatic rings. The molecule has 0 unspecified atom stereocenters. The molecule has 0 aliphatic carbocycles. The van der Waals surface area contributed by atoms with E-state index in [4.69, 9.17) is 5.73 Å². The molecule has 0 bridgehead atoms. The second kappa shape index (κ2) is 8.23. The number of nitrogens with two attached hydrogens (primary N) is 1. The third kappa shape index (κ3) is 4.03. The summed E-state index contributed by atoms with van der Waals surface area (Å²) in [4.78, 5) is 28.5. The SMILES string of the molecule is Cc1nc2c(C(N)=O)cnn2c(C)c1CCC(=O)Nc1ccc(N2CCCS2(=O)=O)cc1. The topological polar surface area (TPSA) is 140 Å². The van der Waals surface area contributed by atoms with Crippen LogP contribution in [0.2, 0.25) is 0 Å². The molecule has 0 spiro atoms. The van der Waals surface area contributed by atoms with E-state index in [-0.39, 0.29) is 23.6 Å². The summed E-state index contributed by atoms with van der Waals surface area (Å²) in [6.45, 7) is 4.16. The molecule has 11 heteroatoms. The van der Waals surface area contributed by atoms with Gasteiger partial charge >= 0.3 is 0 Å². The Balaban J connectivity index is 1.43. The Morgan fingerprint density at radius 1 is 1.19 bits per heavy atom. The molecule has 1 fully saturated rings. The van der Waals surface area contributed by atoms with Crippen molar-refractivity contribution in [2.75, 3.05) is 21.9 Å². The first kappa shape index (κ1) is 21.8. The van der Waals surface area contributed by atoms with Crippen LogP contribution in [0.4, 0.5) is 11.4 Å². The van der Waals surface area contributed by atoms with Crippen LogP contribution in [0.5, 0.6) is 0 Å². The van der Waals surface area contributed by atoms with Crippen LogP contribution in [0.3, 0.4) is 0 Å². The number of primary amides is 1. The van der Waals surface area contributed by atoms with Crippen molar-refractivity contribution in [3.8, 4) is 0 Å². The van der Waals surface area contributed by atoms with Gasteiger partial charge < -0.3 is 11.1 Å². The summed E-state index contributed by atoms with van der Waals surface area (Å²) in [7, 11) is -3.24. The number of sulfonamides is 1. The number of aryl methyl sites for hydroxylation is 2. The number of hydrogen-bond donors (Lipinski definition) is 2. The van der Waals surface area contributed by atoms with E-state index in [1.807, 2.05) is 13.8 Å². The predicted octanol–water partition coefficient (Wildman–Crippen LogP) is 1.56. The molecule has 2 aromatic heterocycles. The van der Waals surface area contributed by atoms with Gasteiger partial charge in [-0.1, -0.05) is 0 Å². The molecule has 1 saturated heterocycles. The van der Waals surface area contributed by atoms with Crippen molar-refractivity contribution >= 4 is 38.9 Å². The standard InChI is InChI=1S/C21H24N6O4S/c1-13-17(14(2)27-21(24-13)18(12-23-27)20(22)29)8-9-19(28)25-15-4-6-16(7-5-15)26-10-3-11-32(26,30)31/h4-7,12H,3,8-11H2,1-2H3,(H2,22,29)(H,25,28). The Labute approximate surface area is 185 Å². The monoisotopic (exact) mass is 456 g/mol. The van der Waals surface area contributed by atoms with Crippen LogP contribution in [0, 0.1) is 13.8 Å². The zero-order valence-corrected chi connectivity index (χ0v) is 18.6. The van der Waals surface area contributed by atoms with Gasteiger partial charge in [-0.25, -0.2) is 17.9 Å². The second-order valence-electron chi connectivity index (χ2n) is 7.76. The maximum absolute atomic E-state index is 12.5. The van der Waals surface area contributed by atoms with Gasteiger partial charge in [-0.3, -0.25) is 13.9 Å². The molecule has 0 radical (unpaired) electrons. The second-order valence-corrected chi connectivity index (χ2v) is 9.77. The normalized spacial score (nSPS) is 15.2. The number of benzene rings is 1. The van der Waals surface area contributed by atoms with Gasteiger partial charge in [0.1, 0.15) is 5.56 Å². The van der Waals surface area contributed by atoms with E-state index in [1.165, 1.54) is 10.5 Å². The summed E-state index contributed by atoms with van der Waals surface area (Å²) >= 11 is 0. The summed E-state index contributed by atoms with van der Waals surface area (Å²) in [5.74, 6) is -0.608. The van der Waals surface area contributed by atoms with Crippen LogP contribution in [-0.2, 0) is 21.2 Å². The minimum absolute atomic E-state index is 0.160. The highest BCUT2D eigenvalue weighted by Gasteiger charge is 2.28. The van der Waals surface area contributed by atoms with Crippen LogP contribution in [-0.4, -0.2) is 47.1 Å². The highest BCUT2D eigenvalue weighted by molar-refractivity contribution is 7.93. The number of rotatable bonds is 6. The lowest BCUT2D eigenvalue weighted by molar-refractivity contribution is -0.116. The molecule has 32 heavy (non-hydrogen) atoms. The maximum atomic E-state index is 12.5. The van der Waals surface area contributed by atoms with Crippen molar-refractivity contribution < 1.29 is 18.0 Å². The lowest BCUT2D eigenvalue weighted by Crippen LogP contribution is -2.25. The van der Waals surface area contributed by atoms with Crippen molar-refractivity contribution in [3.05, 3.63) is 53.0 Å². The zero-order chi connectivity index (χ0) is 23.0. The maximum Gasteiger partial charge on any atom is 0.254 e. The molecule has 168 valence electrons. The van der Waals surface area contributed by atoms with Crippen molar-refractivity contribution in [1.82, 2.24) is 14.6 Å². The Hall–Kier alpha value is -3.47. The van der Waals surface area contributed by atoms with Crippen LogP contribution >= 0.6 is 0 Å². The highest BCUT2D eigenvalue weighted by Crippen LogP contribution is 2.25. The highest BCUT2D eigenvalue weighted by atomic mass is 32.2. The number of nitrogens with one attached hydrogen (secondary N) is 1. The van der Waals surface area contributed by atoms with Crippen molar-refractivity contribution in [2.45, 2.75) is 33.1 Å². The number of aromatic nitrogens is 3. The average Bonchev–Trinajstić information content (AvgIpc) is 3.31. The van der Waals surface area contributed by atoms with Crippen molar-refractivity contribution in [1.29, 1.82) is 0 Å². The first-order valence-corrected chi connectivity index (χ1v) is 11.8. The van der Waals surface area contributed by atoms with Crippen LogP contribution in [0.1, 0.15) is 40.2 Å². The molecule has 3 N–H and O–H groups in total. The van der Waals surface area contributed by atoms with Crippen molar-refractivity contribution in [3.63, 3.8) is 0 Å². The summed E-state index contributed by atoms with van der Waals surface area (Å²) in [5, 5.41) is 7.03. The molecule has 3 heterocycles. The largest absolute Gasteiger partial charge is 0.365 e. The summed E-state index contributed by atoms with van der Waals surface area (Å²) in [6.07, 6.45) is 2.68. The molecule has 2 amide bonds. The lowest BCUT2D eigenvalue weighted by Gasteiger charge is -2.17. The number of nitrogens with zero attached hydrogens (tertiary/aromatic N) is 4. The van der Waals surface area contributed by atoms with Crippen molar-refractivity contribution in [2.24, 2.45) is 5.73 Å². The number of carbonyl (C=O) groups excluding carboxylic acids is 2. The predicted molar refractivity (Wildman–Crippen MR) is 120 cm³/mol. The van der Waals surface area contributed by atoms with Gasteiger partial charge in [-0.05, 0) is 56.5 Å². The van der Waals surface area contributed by atoms with Gasteiger partial charge in [-0.2, -0.15) is 5.10 Å². The van der Waals surface area contributed by atoms with E-state index < -0.39 is 15.9 Å².